The minimum Gasteiger partial charge on any atom is -0.409 e. The van der Waals surface area contributed by atoms with E-state index in [4.69, 9.17) is 16.3 Å². The van der Waals surface area contributed by atoms with Gasteiger partial charge in [0.05, 0.1) is 5.02 Å². The Morgan fingerprint density at radius 2 is 1.94 bits per heavy atom. The Labute approximate surface area is 109 Å². The van der Waals surface area contributed by atoms with E-state index in [0.29, 0.717) is 16.6 Å². The van der Waals surface area contributed by atoms with Crippen molar-refractivity contribution in [2.75, 3.05) is 5.43 Å². The molecule has 0 radical (unpaired) electrons. The summed E-state index contributed by atoms with van der Waals surface area (Å²) in [5.74, 6) is 0.922. The lowest BCUT2D eigenvalue weighted by Gasteiger charge is -2.08. The zero-order valence-electron chi connectivity index (χ0n) is 9.26. The van der Waals surface area contributed by atoms with E-state index in [1.54, 1.807) is 36.4 Å². The monoisotopic (exact) mass is 263 g/mol. The number of rotatable bonds is 3. The van der Waals surface area contributed by atoms with Crippen molar-refractivity contribution < 1.29 is 9.53 Å². The number of para-hydroxylation sites is 1. The number of anilines is 1. The molecule has 0 aliphatic rings. The fourth-order valence-electron chi connectivity index (χ4n) is 1.19. The Bertz CT molecular complexity index is 517. The van der Waals surface area contributed by atoms with Gasteiger partial charge < -0.3 is 4.74 Å². The fourth-order valence-corrected chi connectivity index (χ4v) is 1.30. The zero-order valence-corrected chi connectivity index (χ0v) is 10.0. The lowest BCUT2D eigenvalue weighted by atomic mass is 10.3. The number of nitrogens with one attached hydrogen (secondary N) is 2. The highest BCUT2D eigenvalue weighted by Gasteiger charge is 2.03. The second-order valence-electron chi connectivity index (χ2n) is 3.31. The van der Waals surface area contributed by atoms with E-state index in [9.17, 15) is 4.79 Å². The van der Waals surface area contributed by atoms with Gasteiger partial charge in [0, 0.05) is 6.20 Å². The normalized spacial score (nSPS) is 9.61. The lowest BCUT2D eigenvalue weighted by molar-refractivity contribution is 0.203. The van der Waals surface area contributed by atoms with E-state index in [-0.39, 0.29) is 0 Å². The zero-order chi connectivity index (χ0) is 12.8. The number of carbonyl (C=O) groups is 1. The van der Waals surface area contributed by atoms with E-state index in [0.717, 1.165) is 0 Å². The van der Waals surface area contributed by atoms with Crippen LogP contribution in [0.1, 0.15) is 0 Å². The van der Waals surface area contributed by atoms with Gasteiger partial charge in [-0.15, -0.1) is 0 Å². The number of hydrogen-bond acceptors (Lipinski definition) is 4. The fraction of sp³-hybridized carbons (Fsp3) is 0. The van der Waals surface area contributed by atoms with Gasteiger partial charge in [-0.05, 0) is 24.3 Å². The Morgan fingerprint density at radius 1 is 1.17 bits per heavy atom. The number of aromatic nitrogens is 1. The molecule has 1 aromatic carbocycles. The van der Waals surface area contributed by atoms with Crippen molar-refractivity contribution in [3.63, 3.8) is 0 Å². The van der Waals surface area contributed by atoms with Crippen LogP contribution in [-0.2, 0) is 0 Å². The SMILES string of the molecule is O=C(NNc1ccc(Cl)cn1)Oc1ccccc1. The highest BCUT2D eigenvalue weighted by atomic mass is 35.5. The van der Waals surface area contributed by atoms with Crippen molar-refractivity contribution in [2.45, 2.75) is 0 Å². The standard InChI is InChI=1S/C12H10ClN3O2/c13-9-6-7-11(14-8-9)15-16-12(17)18-10-4-2-1-3-5-10/h1-8H,(H,14,15)(H,16,17). The molecule has 0 unspecified atom stereocenters. The van der Waals surface area contributed by atoms with Gasteiger partial charge in [0.1, 0.15) is 11.6 Å². The summed E-state index contributed by atoms with van der Waals surface area (Å²) in [6, 6.07) is 12.0. The number of nitrogens with zero attached hydrogens (tertiary/aromatic N) is 1. The molecule has 0 bridgehead atoms. The maximum absolute atomic E-state index is 11.4. The van der Waals surface area contributed by atoms with Crippen LogP contribution >= 0.6 is 11.6 Å². The molecule has 2 rings (SSSR count). The van der Waals surface area contributed by atoms with Crippen LogP contribution in [0.3, 0.4) is 0 Å². The molecule has 92 valence electrons. The summed E-state index contributed by atoms with van der Waals surface area (Å²) in [5, 5.41) is 0.521. The molecule has 0 fully saturated rings. The smallest absolute Gasteiger partial charge is 0.409 e. The molecule has 0 atom stereocenters. The predicted molar refractivity (Wildman–Crippen MR) is 68.5 cm³/mol. The first-order chi connectivity index (χ1) is 8.74. The van der Waals surface area contributed by atoms with Gasteiger partial charge in [-0.1, -0.05) is 29.8 Å². The first-order valence-electron chi connectivity index (χ1n) is 5.14. The number of carbonyl (C=O) groups excluding carboxylic acids is 1. The molecule has 1 heterocycles. The second kappa shape index (κ2) is 5.88. The van der Waals surface area contributed by atoms with Crippen LogP contribution < -0.4 is 15.6 Å². The number of benzene rings is 1. The summed E-state index contributed by atoms with van der Waals surface area (Å²) in [6.45, 7) is 0. The minimum atomic E-state index is -0.627. The summed E-state index contributed by atoms with van der Waals surface area (Å²) < 4.78 is 4.99. The minimum absolute atomic E-state index is 0.459. The summed E-state index contributed by atoms with van der Waals surface area (Å²) in [6.07, 6.45) is 0.839. The van der Waals surface area contributed by atoms with Crippen LogP contribution in [0, 0.1) is 0 Å². The number of hydrogen-bond donors (Lipinski definition) is 2. The van der Waals surface area contributed by atoms with Crippen molar-refractivity contribution in [1.82, 2.24) is 10.4 Å². The highest BCUT2D eigenvalue weighted by Crippen LogP contribution is 2.09. The molecular weight excluding hydrogens is 254 g/mol. The molecule has 5 nitrogen and oxygen atoms in total. The number of ether oxygens (including phenoxy) is 1. The topological polar surface area (TPSA) is 63.2 Å². The van der Waals surface area contributed by atoms with E-state index in [2.05, 4.69) is 15.8 Å². The van der Waals surface area contributed by atoms with Crippen LogP contribution in [0.2, 0.25) is 5.02 Å². The van der Waals surface area contributed by atoms with Gasteiger partial charge in [0.15, 0.2) is 0 Å². The van der Waals surface area contributed by atoms with E-state index in [1.807, 2.05) is 6.07 Å². The molecule has 0 saturated carbocycles. The van der Waals surface area contributed by atoms with Gasteiger partial charge in [-0.2, -0.15) is 0 Å². The summed E-state index contributed by atoms with van der Waals surface area (Å²) in [7, 11) is 0. The number of amides is 1. The molecule has 0 aliphatic carbocycles. The average molecular weight is 264 g/mol. The number of hydrazine groups is 1. The Balaban J connectivity index is 1.83. The van der Waals surface area contributed by atoms with E-state index < -0.39 is 6.09 Å². The Hall–Kier alpha value is -2.27. The largest absolute Gasteiger partial charge is 0.431 e. The van der Waals surface area contributed by atoms with Gasteiger partial charge in [-0.3, -0.25) is 5.43 Å². The lowest BCUT2D eigenvalue weighted by Crippen LogP contribution is -2.32. The molecule has 0 spiro atoms. The first-order valence-corrected chi connectivity index (χ1v) is 5.52. The third-order valence-corrected chi connectivity index (χ3v) is 2.20. The molecule has 2 N–H and O–H groups in total. The average Bonchev–Trinajstić information content (AvgIpc) is 2.39. The summed E-state index contributed by atoms with van der Waals surface area (Å²) in [4.78, 5) is 15.3. The number of pyridine rings is 1. The highest BCUT2D eigenvalue weighted by molar-refractivity contribution is 6.30. The van der Waals surface area contributed by atoms with E-state index in [1.165, 1.54) is 6.20 Å². The number of halogens is 1. The molecular formula is C12H10ClN3O2. The Morgan fingerprint density at radius 3 is 2.61 bits per heavy atom. The van der Waals surface area contributed by atoms with Crippen molar-refractivity contribution in [2.24, 2.45) is 0 Å². The quantitative estimate of drug-likeness (QED) is 0.836. The van der Waals surface area contributed by atoms with Crippen molar-refractivity contribution >= 4 is 23.5 Å². The van der Waals surface area contributed by atoms with Crippen LogP contribution in [0.15, 0.2) is 48.7 Å². The molecule has 1 aromatic heterocycles. The van der Waals surface area contributed by atoms with Crippen LogP contribution in [-0.4, -0.2) is 11.1 Å². The summed E-state index contributed by atoms with van der Waals surface area (Å²) in [5.41, 5.74) is 4.95. The maximum atomic E-state index is 11.4. The van der Waals surface area contributed by atoms with Gasteiger partial charge in [-0.25, -0.2) is 15.2 Å². The summed E-state index contributed by atoms with van der Waals surface area (Å²) >= 11 is 5.68. The predicted octanol–water partition coefficient (Wildman–Crippen LogP) is 2.85. The van der Waals surface area contributed by atoms with Gasteiger partial charge >= 0.3 is 6.09 Å². The van der Waals surface area contributed by atoms with Crippen LogP contribution in [0.4, 0.5) is 10.6 Å². The Kier molecular flexibility index (Phi) is 3.98. The first kappa shape index (κ1) is 12.2. The third kappa shape index (κ3) is 3.64. The van der Waals surface area contributed by atoms with Gasteiger partial charge in [0.2, 0.25) is 0 Å². The third-order valence-electron chi connectivity index (χ3n) is 1.97. The molecule has 18 heavy (non-hydrogen) atoms. The van der Waals surface area contributed by atoms with Gasteiger partial charge in [0.25, 0.3) is 0 Å². The maximum Gasteiger partial charge on any atom is 0.431 e. The molecule has 1 amide bonds. The molecule has 6 heteroatoms. The molecule has 0 saturated heterocycles. The van der Waals surface area contributed by atoms with Crippen LogP contribution in [0.25, 0.3) is 0 Å². The van der Waals surface area contributed by atoms with Crippen LogP contribution in [0.5, 0.6) is 5.75 Å². The molecule has 0 aliphatic heterocycles. The van der Waals surface area contributed by atoms with Crippen molar-refractivity contribution in [1.29, 1.82) is 0 Å². The molecule has 2 aromatic rings. The second-order valence-corrected chi connectivity index (χ2v) is 3.75. The van der Waals surface area contributed by atoms with Crippen molar-refractivity contribution in [3.05, 3.63) is 53.7 Å². The van der Waals surface area contributed by atoms with E-state index >= 15 is 0 Å². The van der Waals surface area contributed by atoms with Crippen molar-refractivity contribution in [3.8, 4) is 5.75 Å².